The first-order valence-electron chi connectivity index (χ1n) is 7.15. The zero-order valence-electron chi connectivity index (χ0n) is 11.1. The molecule has 0 radical (unpaired) electrons. The van der Waals surface area contributed by atoms with E-state index in [0.29, 0.717) is 23.7 Å². The van der Waals surface area contributed by atoms with Gasteiger partial charge in [-0.3, -0.25) is 4.90 Å². The molecule has 19 heavy (non-hydrogen) atoms. The van der Waals surface area contributed by atoms with Gasteiger partial charge in [-0.25, -0.2) is 0 Å². The molecule has 1 aromatic rings. The molecule has 2 aliphatic heterocycles. The lowest BCUT2D eigenvalue weighted by atomic mass is 10.1. The van der Waals surface area contributed by atoms with Gasteiger partial charge in [0.1, 0.15) is 0 Å². The van der Waals surface area contributed by atoms with Crippen molar-refractivity contribution >= 4 is 11.6 Å². The van der Waals surface area contributed by atoms with Crippen LogP contribution in [0.5, 0.6) is 0 Å². The Hall–Kier alpha value is -0.610. The van der Waals surface area contributed by atoms with Gasteiger partial charge in [-0.2, -0.15) is 0 Å². The van der Waals surface area contributed by atoms with E-state index in [1.165, 1.54) is 32.4 Å². The first-order valence-corrected chi connectivity index (χ1v) is 7.53. The molecule has 0 aliphatic carbocycles. The molecule has 104 valence electrons. The largest absolute Gasteiger partial charge is 0.387 e. The summed E-state index contributed by atoms with van der Waals surface area (Å²) < 4.78 is 0. The summed E-state index contributed by atoms with van der Waals surface area (Å²) in [6.45, 7) is 3.03. The summed E-state index contributed by atoms with van der Waals surface area (Å²) in [5.41, 5.74) is 0.818. The van der Waals surface area contributed by atoms with Crippen molar-refractivity contribution in [3.63, 3.8) is 0 Å². The second-order valence-electron chi connectivity index (χ2n) is 5.59. The zero-order chi connectivity index (χ0) is 13.2. The fourth-order valence-corrected chi connectivity index (χ4v) is 3.70. The summed E-state index contributed by atoms with van der Waals surface area (Å²) in [5.74, 6) is 0. The van der Waals surface area contributed by atoms with E-state index in [9.17, 15) is 5.11 Å². The molecule has 0 bridgehead atoms. The first kappa shape index (κ1) is 13.4. The SMILES string of the molecule is OC(CNC1CCN2CCCC12)c1ccccc1Cl. The molecule has 3 atom stereocenters. The predicted molar refractivity (Wildman–Crippen MR) is 77.4 cm³/mol. The van der Waals surface area contributed by atoms with E-state index in [1.807, 2.05) is 24.3 Å². The van der Waals surface area contributed by atoms with Gasteiger partial charge in [0.25, 0.3) is 0 Å². The Morgan fingerprint density at radius 3 is 3.00 bits per heavy atom. The molecule has 4 heteroatoms. The van der Waals surface area contributed by atoms with Gasteiger partial charge < -0.3 is 10.4 Å². The molecule has 0 aromatic heterocycles. The second-order valence-corrected chi connectivity index (χ2v) is 5.99. The molecule has 3 unspecified atom stereocenters. The third-order valence-corrected chi connectivity index (χ3v) is 4.79. The Labute approximate surface area is 119 Å². The van der Waals surface area contributed by atoms with Crippen molar-refractivity contribution in [2.75, 3.05) is 19.6 Å². The number of fused-ring (bicyclic) bond motifs is 1. The standard InChI is InChI=1S/C15H21ClN2O/c16-12-5-2-1-4-11(12)15(19)10-17-13-7-9-18-8-3-6-14(13)18/h1-2,4-5,13-15,17,19H,3,6-10H2. The molecule has 2 aliphatic rings. The minimum absolute atomic E-state index is 0.524. The molecular formula is C15H21ClN2O. The molecule has 2 saturated heterocycles. The highest BCUT2D eigenvalue weighted by molar-refractivity contribution is 6.31. The van der Waals surface area contributed by atoms with Gasteiger partial charge in [-0.05, 0) is 31.9 Å². The van der Waals surface area contributed by atoms with Crippen molar-refractivity contribution in [1.82, 2.24) is 10.2 Å². The lowest BCUT2D eigenvalue weighted by Crippen LogP contribution is -2.40. The number of benzene rings is 1. The van der Waals surface area contributed by atoms with Gasteiger partial charge >= 0.3 is 0 Å². The molecule has 2 heterocycles. The number of aliphatic hydroxyl groups is 1. The first-order chi connectivity index (χ1) is 9.25. The maximum Gasteiger partial charge on any atom is 0.0928 e. The molecule has 0 spiro atoms. The molecule has 3 nitrogen and oxygen atoms in total. The van der Waals surface area contributed by atoms with Crippen LogP contribution in [0.15, 0.2) is 24.3 Å². The van der Waals surface area contributed by atoms with E-state index >= 15 is 0 Å². The summed E-state index contributed by atoms with van der Waals surface area (Å²) in [6, 6.07) is 8.73. The van der Waals surface area contributed by atoms with Gasteiger partial charge in [0.15, 0.2) is 0 Å². The quantitative estimate of drug-likeness (QED) is 0.888. The molecule has 3 rings (SSSR count). The maximum atomic E-state index is 10.2. The number of rotatable bonds is 4. The third kappa shape index (κ3) is 2.79. The summed E-state index contributed by atoms with van der Waals surface area (Å²) >= 11 is 6.11. The van der Waals surface area contributed by atoms with Gasteiger partial charge in [0, 0.05) is 35.8 Å². The normalized spacial score (nSPS) is 28.5. The van der Waals surface area contributed by atoms with Crippen LogP contribution in [-0.4, -0.2) is 41.7 Å². The summed E-state index contributed by atoms with van der Waals surface area (Å²) in [7, 11) is 0. The van der Waals surface area contributed by atoms with Crippen LogP contribution >= 0.6 is 11.6 Å². The molecular weight excluding hydrogens is 260 g/mol. The molecule has 0 saturated carbocycles. The molecule has 1 aromatic carbocycles. The summed E-state index contributed by atoms with van der Waals surface area (Å²) in [5, 5.41) is 14.4. The van der Waals surface area contributed by atoms with Crippen LogP contribution in [0.2, 0.25) is 5.02 Å². The van der Waals surface area contributed by atoms with E-state index in [-0.39, 0.29) is 0 Å². The van der Waals surface area contributed by atoms with Crippen LogP contribution in [-0.2, 0) is 0 Å². The van der Waals surface area contributed by atoms with Crippen molar-refractivity contribution in [1.29, 1.82) is 0 Å². The monoisotopic (exact) mass is 280 g/mol. The topological polar surface area (TPSA) is 35.5 Å². The van der Waals surface area contributed by atoms with Crippen molar-refractivity contribution in [3.8, 4) is 0 Å². The van der Waals surface area contributed by atoms with E-state index < -0.39 is 6.10 Å². The highest BCUT2D eigenvalue weighted by Gasteiger charge is 2.36. The van der Waals surface area contributed by atoms with Gasteiger partial charge in [-0.15, -0.1) is 0 Å². The van der Waals surface area contributed by atoms with Crippen LogP contribution in [0.4, 0.5) is 0 Å². The Morgan fingerprint density at radius 2 is 2.16 bits per heavy atom. The molecule has 2 N–H and O–H groups in total. The van der Waals surface area contributed by atoms with Gasteiger partial charge in [-0.1, -0.05) is 29.8 Å². The summed E-state index contributed by atoms with van der Waals surface area (Å²) in [6.07, 6.45) is 3.28. The van der Waals surface area contributed by atoms with Crippen LogP contribution in [0.25, 0.3) is 0 Å². The Bertz CT molecular complexity index is 440. The maximum absolute atomic E-state index is 10.2. The number of hydrogen-bond donors (Lipinski definition) is 2. The zero-order valence-corrected chi connectivity index (χ0v) is 11.8. The fraction of sp³-hybridized carbons (Fsp3) is 0.600. The lowest BCUT2D eigenvalue weighted by Gasteiger charge is -2.23. The van der Waals surface area contributed by atoms with Crippen LogP contribution in [0.3, 0.4) is 0 Å². The Balaban J connectivity index is 1.56. The van der Waals surface area contributed by atoms with Gasteiger partial charge in [0.2, 0.25) is 0 Å². The predicted octanol–water partition coefficient (Wildman–Crippen LogP) is 2.20. The van der Waals surface area contributed by atoms with Crippen molar-refractivity contribution in [3.05, 3.63) is 34.9 Å². The number of halogens is 1. The number of aliphatic hydroxyl groups excluding tert-OH is 1. The van der Waals surface area contributed by atoms with E-state index in [4.69, 9.17) is 11.6 Å². The number of nitrogens with zero attached hydrogens (tertiary/aromatic N) is 1. The number of nitrogens with one attached hydrogen (secondary N) is 1. The van der Waals surface area contributed by atoms with Crippen LogP contribution in [0, 0.1) is 0 Å². The minimum atomic E-state index is -0.524. The Morgan fingerprint density at radius 1 is 1.32 bits per heavy atom. The average molecular weight is 281 g/mol. The molecule has 0 amide bonds. The van der Waals surface area contributed by atoms with E-state index in [1.54, 1.807) is 0 Å². The smallest absolute Gasteiger partial charge is 0.0928 e. The Kier molecular flexibility index (Phi) is 4.08. The van der Waals surface area contributed by atoms with Crippen LogP contribution < -0.4 is 5.32 Å². The van der Waals surface area contributed by atoms with E-state index in [2.05, 4.69) is 10.2 Å². The third-order valence-electron chi connectivity index (χ3n) is 4.44. The van der Waals surface area contributed by atoms with Crippen LogP contribution in [0.1, 0.15) is 30.9 Å². The van der Waals surface area contributed by atoms with Crippen molar-refractivity contribution < 1.29 is 5.11 Å². The summed E-state index contributed by atoms with van der Waals surface area (Å²) in [4.78, 5) is 2.57. The van der Waals surface area contributed by atoms with Crippen molar-refractivity contribution in [2.45, 2.75) is 37.5 Å². The van der Waals surface area contributed by atoms with E-state index in [0.717, 1.165) is 5.56 Å². The molecule has 2 fully saturated rings. The highest BCUT2D eigenvalue weighted by Crippen LogP contribution is 2.28. The average Bonchev–Trinajstić information content (AvgIpc) is 3.00. The number of hydrogen-bond acceptors (Lipinski definition) is 3. The lowest BCUT2D eigenvalue weighted by molar-refractivity contribution is 0.166. The fourth-order valence-electron chi connectivity index (χ4n) is 3.44. The highest BCUT2D eigenvalue weighted by atomic mass is 35.5. The second kappa shape index (κ2) is 5.80. The minimum Gasteiger partial charge on any atom is -0.387 e. The van der Waals surface area contributed by atoms with Gasteiger partial charge in [0.05, 0.1) is 6.10 Å². The van der Waals surface area contributed by atoms with Crippen molar-refractivity contribution in [2.24, 2.45) is 0 Å².